The van der Waals surface area contributed by atoms with Crippen LogP contribution in [0.25, 0.3) is 11.3 Å². The van der Waals surface area contributed by atoms with E-state index in [1.807, 2.05) is 19.1 Å². The second-order valence-electron chi connectivity index (χ2n) is 6.84. The van der Waals surface area contributed by atoms with Gasteiger partial charge < -0.3 is 14.4 Å². The van der Waals surface area contributed by atoms with Crippen molar-refractivity contribution in [3.8, 4) is 28.8 Å². The Morgan fingerprint density at radius 3 is 2.61 bits per heavy atom. The van der Waals surface area contributed by atoms with Gasteiger partial charge in [0.2, 0.25) is 5.95 Å². The van der Waals surface area contributed by atoms with Crippen molar-refractivity contribution >= 4 is 5.95 Å². The van der Waals surface area contributed by atoms with Crippen molar-refractivity contribution in [1.82, 2.24) is 9.97 Å². The highest BCUT2D eigenvalue weighted by atomic mass is 16.5. The standard InChI is InChI=1S/C21H26N4O3/c1-3-12-28-17-9-8-15(13-18(17)27-2)19-16(14-22)20(26)24-21(23-19)25-10-6-4-5-7-11-25/h8-9,13H,3-7,10-12H2,1-2H3,(H,23,24,26). The van der Waals surface area contributed by atoms with Crippen molar-refractivity contribution in [2.24, 2.45) is 0 Å². The van der Waals surface area contributed by atoms with E-state index >= 15 is 0 Å². The van der Waals surface area contributed by atoms with Crippen LogP contribution < -0.4 is 19.9 Å². The number of benzene rings is 1. The number of hydrogen-bond donors (Lipinski definition) is 1. The number of methoxy groups -OCH3 is 1. The molecule has 0 saturated carbocycles. The molecular formula is C21H26N4O3. The van der Waals surface area contributed by atoms with Gasteiger partial charge in [0.05, 0.1) is 19.4 Å². The molecule has 1 aromatic carbocycles. The largest absolute Gasteiger partial charge is 0.493 e. The topological polar surface area (TPSA) is 91.2 Å². The van der Waals surface area contributed by atoms with Crippen LogP contribution in [0.1, 0.15) is 44.6 Å². The molecule has 0 aliphatic carbocycles. The molecular weight excluding hydrogens is 356 g/mol. The maximum Gasteiger partial charge on any atom is 0.270 e. The number of hydrogen-bond acceptors (Lipinski definition) is 6. The third-order valence-corrected chi connectivity index (χ3v) is 4.82. The summed E-state index contributed by atoms with van der Waals surface area (Å²) < 4.78 is 11.1. The molecule has 148 valence electrons. The highest BCUT2D eigenvalue weighted by molar-refractivity contribution is 5.70. The Hall–Kier alpha value is -3.01. The zero-order chi connectivity index (χ0) is 19.9. The molecule has 0 atom stereocenters. The molecule has 28 heavy (non-hydrogen) atoms. The summed E-state index contributed by atoms with van der Waals surface area (Å²) in [5.74, 6) is 1.70. The van der Waals surface area contributed by atoms with Crippen LogP contribution in [0.3, 0.4) is 0 Å². The molecule has 1 N–H and O–H groups in total. The number of nitrogens with one attached hydrogen (secondary N) is 1. The number of aromatic nitrogens is 2. The SMILES string of the molecule is CCCOc1ccc(-c2nc(N3CCCCCC3)[nH]c(=O)c2C#N)cc1OC. The highest BCUT2D eigenvalue weighted by Gasteiger charge is 2.19. The predicted molar refractivity (Wildman–Crippen MR) is 108 cm³/mol. The van der Waals surface area contributed by atoms with E-state index in [0.717, 1.165) is 32.4 Å². The van der Waals surface area contributed by atoms with Crippen molar-refractivity contribution in [3.63, 3.8) is 0 Å². The molecule has 0 radical (unpaired) electrons. The van der Waals surface area contributed by atoms with E-state index < -0.39 is 5.56 Å². The molecule has 1 saturated heterocycles. The van der Waals surface area contributed by atoms with Gasteiger partial charge in [0.25, 0.3) is 5.56 Å². The first-order chi connectivity index (χ1) is 13.7. The Balaban J connectivity index is 2.04. The number of rotatable bonds is 6. The normalized spacial score (nSPS) is 14.2. The monoisotopic (exact) mass is 382 g/mol. The average molecular weight is 382 g/mol. The molecule has 7 heteroatoms. The van der Waals surface area contributed by atoms with E-state index in [9.17, 15) is 10.1 Å². The Kier molecular flexibility index (Phi) is 6.53. The van der Waals surface area contributed by atoms with Gasteiger partial charge in [-0.1, -0.05) is 19.8 Å². The molecule has 2 aromatic rings. The van der Waals surface area contributed by atoms with Crippen molar-refractivity contribution in [1.29, 1.82) is 5.26 Å². The Morgan fingerprint density at radius 2 is 1.96 bits per heavy atom. The second-order valence-corrected chi connectivity index (χ2v) is 6.84. The quantitative estimate of drug-likeness (QED) is 0.822. The predicted octanol–water partition coefficient (Wildman–Crippen LogP) is 3.49. The van der Waals surface area contributed by atoms with Crippen molar-refractivity contribution in [3.05, 3.63) is 34.1 Å². The zero-order valence-corrected chi connectivity index (χ0v) is 16.5. The van der Waals surface area contributed by atoms with Crippen molar-refractivity contribution < 1.29 is 9.47 Å². The Morgan fingerprint density at radius 1 is 1.21 bits per heavy atom. The Bertz CT molecular complexity index is 909. The minimum atomic E-state index is -0.419. The summed E-state index contributed by atoms with van der Waals surface area (Å²) in [6.07, 6.45) is 5.38. The maximum atomic E-state index is 12.6. The lowest BCUT2D eigenvalue weighted by Crippen LogP contribution is -2.29. The summed E-state index contributed by atoms with van der Waals surface area (Å²) in [5, 5.41) is 9.52. The van der Waals surface area contributed by atoms with E-state index in [-0.39, 0.29) is 5.56 Å². The van der Waals surface area contributed by atoms with Crippen LogP contribution in [0.15, 0.2) is 23.0 Å². The van der Waals surface area contributed by atoms with Crippen LogP contribution in [0.2, 0.25) is 0 Å². The van der Waals surface area contributed by atoms with Crippen molar-refractivity contribution in [2.45, 2.75) is 39.0 Å². The second kappa shape index (κ2) is 9.27. The van der Waals surface area contributed by atoms with E-state index in [1.54, 1.807) is 19.2 Å². The van der Waals surface area contributed by atoms with Gasteiger partial charge in [0.1, 0.15) is 11.6 Å². The van der Waals surface area contributed by atoms with Gasteiger partial charge in [-0.2, -0.15) is 5.26 Å². The molecule has 0 amide bonds. The van der Waals surface area contributed by atoms with Gasteiger partial charge in [0, 0.05) is 18.7 Å². The van der Waals surface area contributed by atoms with Gasteiger partial charge in [-0.15, -0.1) is 0 Å². The lowest BCUT2D eigenvalue weighted by molar-refractivity contribution is 0.294. The summed E-state index contributed by atoms with van der Waals surface area (Å²) in [7, 11) is 1.57. The fraction of sp³-hybridized carbons (Fsp3) is 0.476. The maximum absolute atomic E-state index is 12.6. The van der Waals surface area contributed by atoms with E-state index in [2.05, 4.69) is 14.9 Å². The third-order valence-electron chi connectivity index (χ3n) is 4.82. The van der Waals surface area contributed by atoms with Crippen LogP contribution in [-0.4, -0.2) is 36.8 Å². The number of H-pyrrole nitrogens is 1. The fourth-order valence-corrected chi connectivity index (χ4v) is 3.35. The molecule has 3 rings (SSSR count). The summed E-state index contributed by atoms with van der Waals surface area (Å²) in [6, 6.07) is 7.36. The zero-order valence-electron chi connectivity index (χ0n) is 16.5. The van der Waals surface area contributed by atoms with Gasteiger partial charge in [0.15, 0.2) is 11.5 Å². The van der Waals surface area contributed by atoms with E-state index in [0.29, 0.717) is 35.3 Å². The average Bonchev–Trinajstić information content (AvgIpc) is 3.01. The van der Waals surface area contributed by atoms with Crippen LogP contribution in [0, 0.1) is 11.3 Å². The van der Waals surface area contributed by atoms with Gasteiger partial charge in [-0.3, -0.25) is 9.78 Å². The molecule has 1 fully saturated rings. The summed E-state index contributed by atoms with van der Waals surface area (Å²) >= 11 is 0. The van der Waals surface area contributed by atoms with E-state index in [4.69, 9.17) is 9.47 Å². The molecule has 1 aromatic heterocycles. The first-order valence-electron chi connectivity index (χ1n) is 9.78. The molecule has 0 spiro atoms. The Labute approximate surface area is 164 Å². The van der Waals surface area contributed by atoms with Gasteiger partial charge in [-0.05, 0) is 37.5 Å². The van der Waals surface area contributed by atoms with Crippen molar-refractivity contribution in [2.75, 3.05) is 31.7 Å². The molecule has 7 nitrogen and oxygen atoms in total. The molecule has 0 bridgehead atoms. The third kappa shape index (κ3) is 4.28. The van der Waals surface area contributed by atoms with Gasteiger partial charge in [-0.25, -0.2) is 4.98 Å². The van der Waals surface area contributed by atoms with Crippen LogP contribution in [-0.2, 0) is 0 Å². The molecule has 0 unspecified atom stereocenters. The van der Waals surface area contributed by atoms with Crippen LogP contribution in [0.4, 0.5) is 5.95 Å². The van der Waals surface area contributed by atoms with Crippen LogP contribution in [0.5, 0.6) is 11.5 Å². The number of nitrogens with zero attached hydrogens (tertiary/aromatic N) is 3. The lowest BCUT2D eigenvalue weighted by atomic mass is 10.1. The van der Waals surface area contributed by atoms with Gasteiger partial charge >= 0.3 is 0 Å². The summed E-state index contributed by atoms with van der Waals surface area (Å²) in [4.78, 5) is 22.1. The summed E-state index contributed by atoms with van der Waals surface area (Å²) in [6.45, 7) is 4.31. The first-order valence-corrected chi connectivity index (χ1v) is 9.78. The smallest absolute Gasteiger partial charge is 0.270 e. The molecule has 1 aliphatic rings. The van der Waals surface area contributed by atoms with Crippen LogP contribution >= 0.6 is 0 Å². The summed E-state index contributed by atoms with van der Waals surface area (Å²) in [5.41, 5.74) is 0.602. The minimum Gasteiger partial charge on any atom is -0.493 e. The first kappa shape index (κ1) is 19.7. The number of anilines is 1. The minimum absolute atomic E-state index is 0.00264. The fourth-order valence-electron chi connectivity index (χ4n) is 3.35. The number of ether oxygens (including phenoxy) is 2. The highest BCUT2D eigenvalue weighted by Crippen LogP contribution is 2.33. The number of aromatic amines is 1. The van der Waals surface area contributed by atoms with E-state index in [1.165, 1.54) is 12.8 Å². The lowest BCUT2D eigenvalue weighted by Gasteiger charge is -2.21. The molecule has 2 heterocycles. The molecule has 1 aliphatic heterocycles. The number of nitriles is 1.